The number of aryl methyl sites for hydroxylation is 1. The number of amides is 1. The van der Waals surface area contributed by atoms with Gasteiger partial charge in [0.15, 0.2) is 0 Å². The summed E-state index contributed by atoms with van der Waals surface area (Å²) in [5.41, 5.74) is 1.37. The molecule has 1 saturated carbocycles. The van der Waals surface area contributed by atoms with Gasteiger partial charge < -0.3 is 19.7 Å². The Labute approximate surface area is 157 Å². The number of benzene rings is 1. The predicted molar refractivity (Wildman–Crippen MR) is 102 cm³/mol. The Kier molecular flexibility index (Phi) is 6.92. The van der Waals surface area contributed by atoms with Crippen LogP contribution in [-0.2, 0) is 9.53 Å². The Morgan fingerprint density at radius 1 is 1.23 bits per heavy atom. The highest BCUT2D eigenvalue weighted by Gasteiger charge is 2.42. The molecule has 1 aliphatic carbocycles. The van der Waals surface area contributed by atoms with Crippen molar-refractivity contribution in [2.24, 2.45) is 0 Å². The van der Waals surface area contributed by atoms with Crippen LogP contribution in [0.25, 0.3) is 0 Å². The van der Waals surface area contributed by atoms with Crippen molar-refractivity contribution in [1.82, 2.24) is 5.32 Å². The van der Waals surface area contributed by atoms with Gasteiger partial charge in [-0.05, 0) is 37.5 Å². The van der Waals surface area contributed by atoms with Gasteiger partial charge in [-0.1, -0.05) is 18.6 Å². The molecule has 0 bridgehead atoms. The second-order valence-electron chi connectivity index (χ2n) is 7.75. The molecule has 5 heteroatoms. The van der Waals surface area contributed by atoms with E-state index in [9.17, 15) is 4.79 Å². The maximum absolute atomic E-state index is 12.3. The summed E-state index contributed by atoms with van der Waals surface area (Å²) in [7, 11) is 0. The van der Waals surface area contributed by atoms with Crippen LogP contribution < -0.4 is 15.0 Å². The van der Waals surface area contributed by atoms with Crippen molar-refractivity contribution in [2.45, 2.75) is 51.0 Å². The van der Waals surface area contributed by atoms with Gasteiger partial charge in [0, 0.05) is 12.8 Å². The van der Waals surface area contributed by atoms with Crippen LogP contribution in [0.4, 0.5) is 0 Å². The Hall–Kier alpha value is -1.59. The smallest absolute Gasteiger partial charge is 0.223 e. The quantitative estimate of drug-likeness (QED) is 0.774. The normalized spacial score (nSPS) is 20.5. The van der Waals surface area contributed by atoms with Gasteiger partial charge in [0.2, 0.25) is 5.91 Å². The molecule has 0 aromatic heterocycles. The van der Waals surface area contributed by atoms with Gasteiger partial charge in [-0.15, -0.1) is 0 Å². The summed E-state index contributed by atoms with van der Waals surface area (Å²) in [5.74, 6) is 0.926. The molecule has 5 nitrogen and oxygen atoms in total. The van der Waals surface area contributed by atoms with Crippen molar-refractivity contribution in [2.75, 3.05) is 39.5 Å². The van der Waals surface area contributed by atoms with Gasteiger partial charge in [-0.3, -0.25) is 4.79 Å². The molecule has 0 unspecified atom stereocenters. The fraction of sp³-hybridized carbons (Fsp3) is 0.667. The summed E-state index contributed by atoms with van der Waals surface area (Å²) in [4.78, 5) is 14.0. The number of quaternary nitrogens is 1. The summed E-state index contributed by atoms with van der Waals surface area (Å²) < 4.78 is 11.2. The van der Waals surface area contributed by atoms with Crippen molar-refractivity contribution in [3.63, 3.8) is 0 Å². The molecule has 0 spiro atoms. The summed E-state index contributed by atoms with van der Waals surface area (Å²) in [6, 6.07) is 7.94. The molecular weight excluding hydrogens is 328 g/mol. The number of ether oxygens (including phenoxy) is 2. The largest absolute Gasteiger partial charge is 0.493 e. The third-order valence-corrected chi connectivity index (χ3v) is 5.87. The molecule has 1 aromatic carbocycles. The molecule has 0 radical (unpaired) electrons. The number of nitrogens with one attached hydrogen (secondary N) is 2. The first-order valence-electron chi connectivity index (χ1n) is 10.1. The van der Waals surface area contributed by atoms with Crippen molar-refractivity contribution < 1.29 is 19.2 Å². The average Bonchev–Trinajstić information content (AvgIpc) is 2.68. The molecule has 144 valence electrons. The van der Waals surface area contributed by atoms with E-state index >= 15 is 0 Å². The Morgan fingerprint density at radius 2 is 2.00 bits per heavy atom. The number of morpholine rings is 1. The van der Waals surface area contributed by atoms with E-state index in [2.05, 4.69) is 5.32 Å². The highest BCUT2D eigenvalue weighted by molar-refractivity contribution is 5.76. The molecule has 1 saturated heterocycles. The van der Waals surface area contributed by atoms with E-state index in [1.54, 1.807) is 4.90 Å². The molecule has 0 atom stereocenters. The van der Waals surface area contributed by atoms with Crippen molar-refractivity contribution in [3.8, 4) is 5.75 Å². The number of carbonyl (C=O) groups is 1. The van der Waals surface area contributed by atoms with E-state index < -0.39 is 0 Å². The Bertz CT molecular complexity index is 578. The first-order valence-corrected chi connectivity index (χ1v) is 10.1. The van der Waals surface area contributed by atoms with E-state index in [4.69, 9.17) is 9.47 Å². The third kappa shape index (κ3) is 5.21. The zero-order valence-electron chi connectivity index (χ0n) is 16.0. The molecule has 26 heavy (non-hydrogen) atoms. The zero-order valence-corrected chi connectivity index (χ0v) is 16.0. The van der Waals surface area contributed by atoms with Gasteiger partial charge in [0.1, 0.15) is 24.4 Å². The Morgan fingerprint density at radius 3 is 2.73 bits per heavy atom. The zero-order chi connectivity index (χ0) is 18.2. The van der Waals surface area contributed by atoms with Crippen LogP contribution in [0.5, 0.6) is 5.75 Å². The molecule has 2 N–H and O–H groups in total. The van der Waals surface area contributed by atoms with Crippen molar-refractivity contribution in [1.29, 1.82) is 0 Å². The van der Waals surface area contributed by atoms with Gasteiger partial charge in [0.25, 0.3) is 0 Å². The fourth-order valence-electron chi connectivity index (χ4n) is 4.35. The number of hydrogen-bond donors (Lipinski definition) is 2. The van der Waals surface area contributed by atoms with E-state index in [-0.39, 0.29) is 11.4 Å². The minimum Gasteiger partial charge on any atom is -0.493 e. The SMILES string of the molecule is Cc1cccc(OCCC(=O)NCC2([NH+]3CCOCC3)CCCCC2)c1. The van der Waals surface area contributed by atoms with Gasteiger partial charge >= 0.3 is 0 Å². The summed E-state index contributed by atoms with van der Waals surface area (Å²) in [6.45, 7) is 7.05. The lowest BCUT2D eigenvalue weighted by Crippen LogP contribution is -3.23. The molecule has 1 amide bonds. The molecule has 1 aliphatic heterocycles. The standard InChI is InChI=1S/C21H32N2O3/c1-18-6-5-7-19(16-18)26-13-8-20(24)22-17-21(9-3-2-4-10-21)23-11-14-25-15-12-23/h5-7,16H,2-4,8-15,17H2,1H3,(H,22,24)/p+1. The predicted octanol–water partition coefficient (Wildman–Crippen LogP) is 1.50. The number of hydrogen-bond acceptors (Lipinski definition) is 3. The number of rotatable bonds is 7. The highest BCUT2D eigenvalue weighted by atomic mass is 16.5. The molecule has 2 aliphatic rings. The van der Waals surface area contributed by atoms with Crippen LogP contribution in [0.3, 0.4) is 0 Å². The minimum atomic E-state index is 0.0928. The molecule has 2 fully saturated rings. The maximum atomic E-state index is 12.3. The first kappa shape index (κ1) is 19.2. The lowest BCUT2D eigenvalue weighted by molar-refractivity contribution is -0.960. The summed E-state index contributed by atoms with van der Waals surface area (Å²) >= 11 is 0. The third-order valence-electron chi connectivity index (χ3n) is 5.87. The average molecular weight is 362 g/mol. The second kappa shape index (κ2) is 9.38. The van der Waals surface area contributed by atoms with Gasteiger partial charge in [-0.2, -0.15) is 0 Å². The molecule has 1 aromatic rings. The first-order chi connectivity index (χ1) is 12.7. The van der Waals surface area contributed by atoms with E-state index in [0.717, 1.165) is 38.6 Å². The van der Waals surface area contributed by atoms with Crippen molar-refractivity contribution >= 4 is 5.91 Å². The fourth-order valence-corrected chi connectivity index (χ4v) is 4.35. The summed E-state index contributed by atoms with van der Waals surface area (Å²) in [6.07, 6.45) is 6.70. The highest BCUT2D eigenvalue weighted by Crippen LogP contribution is 2.25. The monoisotopic (exact) mass is 361 g/mol. The van der Waals surface area contributed by atoms with Crippen LogP contribution in [0.2, 0.25) is 0 Å². The van der Waals surface area contributed by atoms with Crippen LogP contribution >= 0.6 is 0 Å². The topological polar surface area (TPSA) is 52.0 Å². The number of carbonyl (C=O) groups excluding carboxylic acids is 1. The lowest BCUT2D eigenvalue weighted by Gasteiger charge is -2.45. The van der Waals surface area contributed by atoms with Crippen molar-refractivity contribution in [3.05, 3.63) is 29.8 Å². The van der Waals surface area contributed by atoms with Crippen LogP contribution in [0.1, 0.15) is 44.1 Å². The summed E-state index contributed by atoms with van der Waals surface area (Å²) in [5, 5.41) is 3.21. The molecule has 1 heterocycles. The molecular formula is C21H33N2O3+. The molecule has 3 rings (SSSR count). The lowest BCUT2D eigenvalue weighted by atomic mass is 9.79. The van der Waals surface area contributed by atoms with E-state index in [1.165, 1.54) is 37.7 Å². The van der Waals surface area contributed by atoms with Crippen LogP contribution in [0, 0.1) is 6.92 Å². The van der Waals surface area contributed by atoms with E-state index in [0.29, 0.717) is 13.0 Å². The minimum absolute atomic E-state index is 0.0928. The van der Waals surface area contributed by atoms with Crippen LogP contribution in [0.15, 0.2) is 24.3 Å². The van der Waals surface area contributed by atoms with Gasteiger partial charge in [0.05, 0.1) is 32.8 Å². The second-order valence-corrected chi connectivity index (χ2v) is 7.75. The van der Waals surface area contributed by atoms with E-state index in [1.807, 2.05) is 31.2 Å². The Balaban J connectivity index is 1.46. The van der Waals surface area contributed by atoms with Crippen LogP contribution in [-0.4, -0.2) is 50.9 Å². The maximum Gasteiger partial charge on any atom is 0.223 e. The van der Waals surface area contributed by atoms with Gasteiger partial charge in [-0.25, -0.2) is 0 Å².